The van der Waals surface area contributed by atoms with E-state index in [1.807, 2.05) is 32.0 Å². The number of hydrogen-bond donors (Lipinski definition) is 0. The van der Waals surface area contributed by atoms with Crippen LogP contribution in [0.15, 0.2) is 41.3 Å². The van der Waals surface area contributed by atoms with Gasteiger partial charge in [-0.2, -0.15) is 0 Å². The Labute approximate surface area is 184 Å². The number of nitrogens with zero attached hydrogens (tertiary/aromatic N) is 1. The van der Waals surface area contributed by atoms with Gasteiger partial charge in [-0.15, -0.1) is 0 Å². The number of halogens is 1. The number of thiocarbonyl (C=S) groups is 1. The third kappa shape index (κ3) is 4.69. The number of amides is 1. The van der Waals surface area contributed by atoms with E-state index in [-0.39, 0.29) is 5.91 Å². The lowest BCUT2D eigenvalue weighted by Gasteiger charge is -2.15. The Morgan fingerprint density at radius 2 is 1.76 bits per heavy atom. The largest absolute Gasteiger partial charge is 0.495 e. The van der Waals surface area contributed by atoms with E-state index in [4.69, 9.17) is 38.0 Å². The van der Waals surface area contributed by atoms with Crippen molar-refractivity contribution in [3.05, 3.63) is 51.9 Å². The molecule has 0 N–H and O–H groups in total. The Morgan fingerprint density at radius 3 is 2.41 bits per heavy atom. The molecule has 2 aromatic carbocycles. The van der Waals surface area contributed by atoms with E-state index in [2.05, 4.69) is 0 Å². The maximum absolute atomic E-state index is 13.0. The SMILES string of the molecule is CCOc1ccc(/C=C2/SC(=S)N(c3ccc(OC)c(Cl)c3)C2=O)cc1OCC. The normalized spacial score (nSPS) is 15.2. The lowest BCUT2D eigenvalue weighted by atomic mass is 10.1. The molecule has 5 nitrogen and oxygen atoms in total. The van der Waals surface area contributed by atoms with Crippen LogP contribution in [0.1, 0.15) is 19.4 Å². The fourth-order valence-corrected chi connectivity index (χ4v) is 4.34. The smallest absolute Gasteiger partial charge is 0.270 e. The molecule has 0 bridgehead atoms. The van der Waals surface area contributed by atoms with Gasteiger partial charge in [0.05, 0.1) is 35.9 Å². The van der Waals surface area contributed by atoms with Crippen LogP contribution in [0.25, 0.3) is 6.08 Å². The maximum atomic E-state index is 13.0. The first-order valence-electron chi connectivity index (χ1n) is 8.99. The number of benzene rings is 2. The molecule has 0 aliphatic carbocycles. The summed E-state index contributed by atoms with van der Waals surface area (Å²) < 4.78 is 16.9. The minimum Gasteiger partial charge on any atom is -0.495 e. The van der Waals surface area contributed by atoms with Crippen molar-refractivity contribution in [1.82, 2.24) is 0 Å². The molecule has 29 heavy (non-hydrogen) atoms. The third-order valence-corrected chi connectivity index (χ3v) is 5.65. The first kappa shape index (κ1) is 21.5. The molecule has 1 saturated heterocycles. The topological polar surface area (TPSA) is 48.0 Å². The van der Waals surface area contributed by atoms with Crippen molar-refractivity contribution in [3.63, 3.8) is 0 Å². The fraction of sp³-hybridized carbons (Fsp3) is 0.238. The minimum atomic E-state index is -0.201. The number of carbonyl (C=O) groups excluding carboxylic acids is 1. The molecule has 0 saturated carbocycles. The zero-order valence-corrected chi connectivity index (χ0v) is 18.6. The maximum Gasteiger partial charge on any atom is 0.270 e. The van der Waals surface area contributed by atoms with Gasteiger partial charge in [0.15, 0.2) is 15.8 Å². The molecular weight excluding hydrogens is 430 g/mol. The summed E-state index contributed by atoms with van der Waals surface area (Å²) in [4.78, 5) is 15.0. The van der Waals surface area contributed by atoms with E-state index >= 15 is 0 Å². The van der Waals surface area contributed by atoms with E-state index in [0.717, 1.165) is 5.56 Å². The molecule has 1 amide bonds. The van der Waals surface area contributed by atoms with E-state index in [0.29, 0.717) is 50.4 Å². The van der Waals surface area contributed by atoms with Crippen molar-refractivity contribution in [2.24, 2.45) is 0 Å². The molecule has 0 radical (unpaired) electrons. The van der Waals surface area contributed by atoms with E-state index in [1.54, 1.807) is 24.3 Å². The van der Waals surface area contributed by atoms with Crippen LogP contribution in [0.4, 0.5) is 5.69 Å². The molecule has 8 heteroatoms. The summed E-state index contributed by atoms with van der Waals surface area (Å²) in [6, 6.07) is 10.7. The molecule has 1 heterocycles. The van der Waals surface area contributed by atoms with Gasteiger partial charge in [0, 0.05) is 0 Å². The van der Waals surface area contributed by atoms with Crippen molar-refractivity contribution in [1.29, 1.82) is 0 Å². The summed E-state index contributed by atoms with van der Waals surface area (Å²) in [5.74, 6) is 1.65. The van der Waals surface area contributed by atoms with Crippen LogP contribution in [-0.2, 0) is 4.79 Å². The van der Waals surface area contributed by atoms with Gasteiger partial charge < -0.3 is 14.2 Å². The summed E-state index contributed by atoms with van der Waals surface area (Å²) in [7, 11) is 1.54. The second kappa shape index (κ2) is 9.52. The number of rotatable bonds is 7. The van der Waals surface area contributed by atoms with Crippen molar-refractivity contribution in [3.8, 4) is 17.2 Å². The fourth-order valence-electron chi connectivity index (χ4n) is 2.79. The third-order valence-electron chi connectivity index (χ3n) is 4.05. The summed E-state index contributed by atoms with van der Waals surface area (Å²) in [5.41, 5.74) is 1.42. The van der Waals surface area contributed by atoms with Crippen molar-refractivity contribution in [2.45, 2.75) is 13.8 Å². The average molecular weight is 450 g/mol. The highest BCUT2D eigenvalue weighted by Gasteiger charge is 2.33. The summed E-state index contributed by atoms with van der Waals surface area (Å²) in [6.45, 7) is 4.89. The molecule has 3 rings (SSSR count). The van der Waals surface area contributed by atoms with Gasteiger partial charge in [-0.25, -0.2) is 0 Å². The molecule has 1 aliphatic heterocycles. The lowest BCUT2D eigenvalue weighted by molar-refractivity contribution is -0.113. The lowest BCUT2D eigenvalue weighted by Crippen LogP contribution is -2.27. The van der Waals surface area contributed by atoms with Crippen molar-refractivity contribution < 1.29 is 19.0 Å². The van der Waals surface area contributed by atoms with E-state index < -0.39 is 0 Å². The first-order valence-corrected chi connectivity index (χ1v) is 10.6. The Morgan fingerprint density at radius 1 is 1.07 bits per heavy atom. The van der Waals surface area contributed by atoms with Crippen molar-refractivity contribution >= 4 is 57.6 Å². The molecule has 2 aromatic rings. The van der Waals surface area contributed by atoms with Crippen molar-refractivity contribution in [2.75, 3.05) is 25.2 Å². The Balaban J connectivity index is 1.90. The van der Waals surface area contributed by atoms with Gasteiger partial charge in [-0.1, -0.05) is 41.6 Å². The number of hydrogen-bond acceptors (Lipinski definition) is 6. The summed E-state index contributed by atoms with van der Waals surface area (Å²) in [6.07, 6.45) is 1.79. The van der Waals surface area contributed by atoms with Crippen LogP contribution in [0.3, 0.4) is 0 Å². The standard InChI is InChI=1S/C21H20ClNO4S2/c1-4-26-17-8-6-13(10-18(17)27-5-2)11-19-20(24)23(21(28)29-19)14-7-9-16(25-3)15(22)12-14/h6-12H,4-5H2,1-3H3/b19-11+. The quantitative estimate of drug-likeness (QED) is 0.408. The van der Waals surface area contributed by atoms with Gasteiger partial charge in [0.2, 0.25) is 0 Å². The minimum absolute atomic E-state index is 0.201. The molecule has 0 unspecified atom stereocenters. The zero-order valence-electron chi connectivity index (χ0n) is 16.2. The molecule has 152 valence electrons. The van der Waals surface area contributed by atoms with Crippen LogP contribution in [-0.4, -0.2) is 30.6 Å². The molecule has 1 aliphatic rings. The molecular formula is C21H20ClNO4S2. The second-order valence-corrected chi connectivity index (χ2v) is 7.99. The first-order chi connectivity index (χ1) is 14.0. The van der Waals surface area contributed by atoms with Gasteiger partial charge in [0.25, 0.3) is 5.91 Å². The zero-order chi connectivity index (χ0) is 21.0. The predicted octanol–water partition coefficient (Wildman–Crippen LogP) is 5.55. The number of methoxy groups -OCH3 is 1. The van der Waals surface area contributed by atoms with Gasteiger partial charge >= 0.3 is 0 Å². The highest BCUT2D eigenvalue weighted by Crippen LogP contribution is 2.39. The average Bonchev–Trinajstić information content (AvgIpc) is 2.97. The monoisotopic (exact) mass is 449 g/mol. The van der Waals surface area contributed by atoms with Gasteiger partial charge in [-0.3, -0.25) is 9.69 Å². The second-order valence-electron chi connectivity index (χ2n) is 5.91. The van der Waals surface area contributed by atoms with Crippen LogP contribution >= 0.6 is 35.6 Å². The Hall–Kier alpha value is -2.22. The summed E-state index contributed by atoms with van der Waals surface area (Å²) in [5, 5.41) is 0.413. The predicted molar refractivity (Wildman–Crippen MR) is 122 cm³/mol. The van der Waals surface area contributed by atoms with Gasteiger partial charge in [0.1, 0.15) is 5.75 Å². The van der Waals surface area contributed by atoms with Crippen LogP contribution < -0.4 is 19.1 Å². The van der Waals surface area contributed by atoms with Crippen LogP contribution in [0.2, 0.25) is 5.02 Å². The Bertz CT molecular complexity index is 977. The number of ether oxygens (including phenoxy) is 3. The Kier molecular flexibility index (Phi) is 7.05. The van der Waals surface area contributed by atoms with Crippen LogP contribution in [0, 0.1) is 0 Å². The highest BCUT2D eigenvalue weighted by molar-refractivity contribution is 8.27. The highest BCUT2D eigenvalue weighted by atomic mass is 35.5. The molecule has 0 aromatic heterocycles. The van der Waals surface area contributed by atoms with Crippen LogP contribution in [0.5, 0.6) is 17.2 Å². The van der Waals surface area contributed by atoms with E-state index in [1.165, 1.54) is 23.8 Å². The molecule has 1 fully saturated rings. The summed E-state index contributed by atoms with van der Waals surface area (Å²) >= 11 is 12.9. The molecule has 0 atom stereocenters. The van der Waals surface area contributed by atoms with Gasteiger partial charge in [-0.05, 0) is 55.8 Å². The number of anilines is 1. The molecule has 0 spiro atoms. The number of carbonyl (C=O) groups is 1. The van der Waals surface area contributed by atoms with E-state index in [9.17, 15) is 4.79 Å². The number of thioether (sulfide) groups is 1.